The molecule has 4 rings (SSSR count). The number of carbonyl (C=O) groups excluding carboxylic acids is 1. The zero-order valence-corrected chi connectivity index (χ0v) is 14.4. The molecule has 1 unspecified atom stereocenters. The highest BCUT2D eigenvalue weighted by molar-refractivity contribution is 5.76. The molecule has 2 aromatic rings. The fraction of sp³-hybridized carbons (Fsp3) is 0.526. The number of hydrogen-bond acceptors (Lipinski definition) is 3. The largest absolute Gasteiger partial charge is 0.348 e. The Kier molecular flexibility index (Phi) is 4.42. The molecule has 0 bridgehead atoms. The van der Waals surface area contributed by atoms with E-state index in [1.54, 1.807) is 4.57 Å². The number of aromatic nitrogens is 3. The zero-order valence-electron chi connectivity index (χ0n) is 14.4. The molecule has 0 saturated carbocycles. The number of rotatable bonds is 3. The standard InChI is InChI=1S/C19H24N4O2/c24-18(20-16-10-6-8-14-7-3-4-9-15(14)16)13-23-19(25)22-12-5-1-2-11-17(22)21-23/h3-4,7,9,16H,1-2,5-6,8,10-13H2,(H,20,24). The minimum Gasteiger partial charge on any atom is -0.348 e. The van der Waals surface area contributed by atoms with Gasteiger partial charge < -0.3 is 5.32 Å². The molecule has 6 heteroatoms. The SMILES string of the molecule is O=C(Cn1nc2n(c1=O)CCCCC2)NC1CCCc2ccccc21. The topological polar surface area (TPSA) is 68.9 Å². The van der Waals surface area contributed by atoms with Crippen molar-refractivity contribution >= 4 is 5.91 Å². The highest BCUT2D eigenvalue weighted by Gasteiger charge is 2.23. The number of amides is 1. The minimum absolute atomic E-state index is 0.00248. The lowest BCUT2D eigenvalue weighted by Gasteiger charge is -2.26. The van der Waals surface area contributed by atoms with Crippen LogP contribution in [-0.4, -0.2) is 20.3 Å². The Hall–Kier alpha value is -2.37. The third-order valence-corrected chi connectivity index (χ3v) is 5.28. The second-order valence-corrected chi connectivity index (χ2v) is 7.03. The van der Waals surface area contributed by atoms with Crippen LogP contribution in [0.15, 0.2) is 29.1 Å². The van der Waals surface area contributed by atoms with Gasteiger partial charge in [0.25, 0.3) is 0 Å². The molecule has 1 aromatic carbocycles. The minimum atomic E-state index is -0.156. The second kappa shape index (κ2) is 6.86. The van der Waals surface area contributed by atoms with Crippen LogP contribution in [0.25, 0.3) is 0 Å². The van der Waals surface area contributed by atoms with Crippen molar-refractivity contribution in [1.29, 1.82) is 0 Å². The molecular weight excluding hydrogens is 316 g/mol. The number of nitrogens with one attached hydrogen (secondary N) is 1. The van der Waals surface area contributed by atoms with Crippen molar-refractivity contribution in [1.82, 2.24) is 19.7 Å². The Bertz CT molecular complexity index is 836. The first-order chi connectivity index (χ1) is 12.2. The van der Waals surface area contributed by atoms with Crippen molar-refractivity contribution in [2.24, 2.45) is 0 Å². The van der Waals surface area contributed by atoms with Gasteiger partial charge >= 0.3 is 5.69 Å². The molecule has 1 amide bonds. The number of fused-ring (bicyclic) bond motifs is 2. The Morgan fingerprint density at radius 3 is 2.96 bits per heavy atom. The van der Waals surface area contributed by atoms with E-state index in [4.69, 9.17) is 0 Å². The lowest BCUT2D eigenvalue weighted by Crippen LogP contribution is -2.36. The molecule has 1 aliphatic carbocycles. The predicted molar refractivity (Wildman–Crippen MR) is 94.3 cm³/mol. The molecule has 132 valence electrons. The van der Waals surface area contributed by atoms with Gasteiger partial charge in [-0.05, 0) is 43.2 Å². The molecule has 0 radical (unpaired) electrons. The van der Waals surface area contributed by atoms with E-state index in [1.807, 2.05) is 12.1 Å². The molecule has 1 aliphatic heterocycles. The number of hydrogen-bond donors (Lipinski definition) is 1. The second-order valence-electron chi connectivity index (χ2n) is 7.03. The van der Waals surface area contributed by atoms with Gasteiger partial charge in [0.2, 0.25) is 5.91 Å². The molecule has 1 atom stereocenters. The summed E-state index contributed by atoms with van der Waals surface area (Å²) in [6, 6.07) is 8.31. The van der Waals surface area contributed by atoms with Crippen LogP contribution in [0.5, 0.6) is 0 Å². The summed E-state index contributed by atoms with van der Waals surface area (Å²) in [5.74, 6) is 0.676. The Morgan fingerprint density at radius 2 is 2.04 bits per heavy atom. The summed E-state index contributed by atoms with van der Waals surface area (Å²) in [6.07, 6.45) is 7.09. The van der Waals surface area contributed by atoms with Gasteiger partial charge in [-0.25, -0.2) is 9.48 Å². The number of carbonyl (C=O) groups is 1. The van der Waals surface area contributed by atoms with Gasteiger partial charge in [-0.2, -0.15) is 5.10 Å². The number of nitrogens with zero attached hydrogens (tertiary/aromatic N) is 3. The van der Waals surface area contributed by atoms with E-state index < -0.39 is 0 Å². The fourth-order valence-corrected chi connectivity index (χ4v) is 4.01. The highest BCUT2D eigenvalue weighted by Crippen LogP contribution is 2.29. The summed E-state index contributed by atoms with van der Waals surface area (Å²) in [7, 11) is 0. The van der Waals surface area contributed by atoms with Crippen LogP contribution < -0.4 is 11.0 Å². The van der Waals surface area contributed by atoms with E-state index in [0.717, 1.165) is 50.8 Å². The molecule has 0 spiro atoms. The molecule has 0 fully saturated rings. The van der Waals surface area contributed by atoms with Gasteiger partial charge in [0.15, 0.2) is 0 Å². The van der Waals surface area contributed by atoms with Gasteiger partial charge in [0, 0.05) is 13.0 Å². The average molecular weight is 340 g/mol. The predicted octanol–water partition coefficient (Wildman–Crippen LogP) is 1.96. The summed E-state index contributed by atoms with van der Waals surface area (Å²) >= 11 is 0. The van der Waals surface area contributed by atoms with Crippen LogP contribution in [0.3, 0.4) is 0 Å². The molecule has 1 aromatic heterocycles. The fourth-order valence-electron chi connectivity index (χ4n) is 4.01. The zero-order chi connectivity index (χ0) is 17.2. The smallest absolute Gasteiger partial charge is 0.346 e. The summed E-state index contributed by atoms with van der Waals surface area (Å²) in [5.41, 5.74) is 2.36. The quantitative estimate of drug-likeness (QED) is 0.929. The number of benzene rings is 1. The first kappa shape index (κ1) is 16.1. The molecule has 0 saturated heterocycles. The molecule has 6 nitrogen and oxygen atoms in total. The number of aryl methyl sites for hydroxylation is 2. The van der Waals surface area contributed by atoms with E-state index in [0.29, 0.717) is 6.54 Å². The molecule has 2 heterocycles. The Morgan fingerprint density at radius 1 is 1.16 bits per heavy atom. The van der Waals surface area contributed by atoms with Gasteiger partial charge in [-0.3, -0.25) is 9.36 Å². The lowest BCUT2D eigenvalue weighted by atomic mass is 9.88. The van der Waals surface area contributed by atoms with Gasteiger partial charge in [0.05, 0.1) is 6.04 Å². The van der Waals surface area contributed by atoms with E-state index in [-0.39, 0.29) is 24.2 Å². The summed E-state index contributed by atoms with van der Waals surface area (Å²) < 4.78 is 3.06. The van der Waals surface area contributed by atoms with Crippen molar-refractivity contribution in [3.63, 3.8) is 0 Å². The first-order valence-electron chi connectivity index (χ1n) is 9.26. The van der Waals surface area contributed by atoms with E-state index in [9.17, 15) is 9.59 Å². The molecule has 25 heavy (non-hydrogen) atoms. The van der Waals surface area contributed by atoms with E-state index >= 15 is 0 Å². The van der Waals surface area contributed by atoms with Crippen LogP contribution in [0.2, 0.25) is 0 Å². The average Bonchev–Trinajstić information content (AvgIpc) is 2.78. The normalized spacial score (nSPS) is 19.6. The van der Waals surface area contributed by atoms with Gasteiger partial charge in [-0.1, -0.05) is 30.7 Å². The van der Waals surface area contributed by atoms with E-state index in [1.165, 1.54) is 15.8 Å². The first-order valence-corrected chi connectivity index (χ1v) is 9.26. The van der Waals surface area contributed by atoms with Crippen LogP contribution >= 0.6 is 0 Å². The Labute approximate surface area is 146 Å². The van der Waals surface area contributed by atoms with Crippen molar-refractivity contribution in [3.05, 3.63) is 51.7 Å². The van der Waals surface area contributed by atoms with E-state index in [2.05, 4.69) is 22.5 Å². The molecular formula is C19H24N4O2. The van der Waals surface area contributed by atoms with Gasteiger partial charge in [-0.15, -0.1) is 0 Å². The summed E-state index contributed by atoms with van der Waals surface area (Å²) in [6.45, 7) is 0.712. The van der Waals surface area contributed by atoms with Crippen LogP contribution in [0, 0.1) is 0 Å². The monoisotopic (exact) mass is 340 g/mol. The van der Waals surface area contributed by atoms with Gasteiger partial charge in [0.1, 0.15) is 12.4 Å². The van der Waals surface area contributed by atoms with Crippen LogP contribution in [0.4, 0.5) is 0 Å². The van der Waals surface area contributed by atoms with Crippen molar-refractivity contribution in [2.45, 2.75) is 64.1 Å². The third kappa shape index (κ3) is 3.25. The highest BCUT2D eigenvalue weighted by atomic mass is 16.2. The maximum Gasteiger partial charge on any atom is 0.346 e. The van der Waals surface area contributed by atoms with Crippen LogP contribution in [-0.2, 0) is 30.7 Å². The maximum atomic E-state index is 12.5. The van der Waals surface area contributed by atoms with Crippen LogP contribution in [0.1, 0.15) is 55.1 Å². The molecule has 2 aliphatic rings. The van der Waals surface area contributed by atoms with Crippen molar-refractivity contribution in [3.8, 4) is 0 Å². The van der Waals surface area contributed by atoms with Crippen molar-refractivity contribution in [2.75, 3.05) is 0 Å². The lowest BCUT2D eigenvalue weighted by molar-refractivity contribution is -0.122. The summed E-state index contributed by atoms with van der Waals surface area (Å²) in [4.78, 5) is 25.0. The Balaban J connectivity index is 1.48. The maximum absolute atomic E-state index is 12.5. The molecule has 1 N–H and O–H groups in total. The third-order valence-electron chi connectivity index (χ3n) is 5.28. The summed E-state index contributed by atoms with van der Waals surface area (Å²) in [5, 5.41) is 7.49. The van der Waals surface area contributed by atoms with Crippen molar-refractivity contribution < 1.29 is 4.79 Å².